The van der Waals surface area contributed by atoms with Crippen molar-refractivity contribution in [3.05, 3.63) is 0 Å². The molecule has 1 aliphatic rings. The first kappa shape index (κ1) is 8.57. The Morgan fingerprint density at radius 1 is 1.64 bits per heavy atom. The average molecular weight is 156 g/mol. The summed E-state index contributed by atoms with van der Waals surface area (Å²) < 4.78 is 5.04. The molecule has 1 fully saturated rings. The first-order valence-electron chi connectivity index (χ1n) is 4.30. The summed E-state index contributed by atoms with van der Waals surface area (Å²) in [5.41, 5.74) is 0. The van der Waals surface area contributed by atoms with Gasteiger partial charge in [0.1, 0.15) is 0 Å². The highest BCUT2D eigenvalue weighted by Crippen LogP contribution is 2.26. The monoisotopic (exact) mass is 156 g/mol. The summed E-state index contributed by atoms with van der Waals surface area (Å²) in [5.74, 6) is 0.772. The first-order chi connectivity index (χ1) is 5.09. The van der Waals surface area contributed by atoms with E-state index in [0.717, 1.165) is 12.8 Å². The molecule has 1 aliphatic heterocycles. The molecule has 11 heavy (non-hydrogen) atoms. The van der Waals surface area contributed by atoms with Crippen molar-refractivity contribution in [2.24, 2.45) is 11.8 Å². The van der Waals surface area contributed by atoms with E-state index in [0.29, 0.717) is 5.92 Å². The average Bonchev–Trinajstić information content (AvgIpc) is 2.09. The van der Waals surface area contributed by atoms with Gasteiger partial charge in [0.15, 0.2) is 0 Å². The molecule has 1 saturated heterocycles. The van der Waals surface area contributed by atoms with E-state index in [2.05, 4.69) is 13.8 Å². The molecule has 0 spiro atoms. The predicted octanol–water partition coefficient (Wildman–Crippen LogP) is 1.98. The number of cyclic esters (lactones) is 1. The molecule has 0 aromatic heterocycles. The highest BCUT2D eigenvalue weighted by Gasteiger charge is 2.31. The molecule has 0 amide bonds. The molecule has 1 rings (SSSR count). The zero-order valence-corrected chi connectivity index (χ0v) is 7.46. The highest BCUT2D eigenvalue weighted by molar-refractivity contribution is 5.74. The minimum absolute atomic E-state index is 0.00574. The summed E-state index contributed by atoms with van der Waals surface area (Å²) in [6, 6.07) is 0. The normalized spacial score (nSPS) is 31.1. The summed E-state index contributed by atoms with van der Waals surface area (Å²) >= 11 is 0. The van der Waals surface area contributed by atoms with Gasteiger partial charge in [0.25, 0.3) is 0 Å². The number of esters is 1. The van der Waals surface area contributed by atoms with E-state index in [9.17, 15) is 4.79 Å². The molecule has 0 aromatic rings. The van der Waals surface area contributed by atoms with E-state index in [1.54, 1.807) is 0 Å². The Labute approximate surface area is 67.9 Å². The van der Waals surface area contributed by atoms with E-state index in [1.165, 1.54) is 0 Å². The van der Waals surface area contributed by atoms with Crippen molar-refractivity contribution >= 4 is 5.97 Å². The van der Waals surface area contributed by atoms with Gasteiger partial charge in [-0.2, -0.15) is 0 Å². The lowest BCUT2D eigenvalue weighted by Gasteiger charge is -2.07. The molecule has 1 heterocycles. The predicted molar refractivity (Wildman–Crippen MR) is 43.1 cm³/mol. The molecule has 0 bridgehead atoms. The minimum Gasteiger partial charge on any atom is -0.462 e. The van der Waals surface area contributed by atoms with E-state index in [1.807, 2.05) is 6.92 Å². The van der Waals surface area contributed by atoms with Crippen molar-refractivity contribution in [1.82, 2.24) is 0 Å². The maximum Gasteiger partial charge on any atom is 0.309 e. The number of rotatable bonds is 2. The number of carbonyl (C=O) groups excluding carboxylic acids is 1. The van der Waals surface area contributed by atoms with Crippen LogP contribution in [0.1, 0.15) is 33.6 Å². The smallest absolute Gasteiger partial charge is 0.309 e. The van der Waals surface area contributed by atoms with Crippen LogP contribution in [0.3, 0.4) is 0 Å². The summed E-state index contributed by atoms with van der Waals surface area (Å²) in [5, 5.41) is 0. The maximum atomic E-state index is 11.1. The third kappa shape index (κ3) is 2.21. The molecule has 2 atom stereocenters. The van der Waals surface area contributed by atoms with Gasteiger partial charge in [-0.15, -0.1) is 0 Å². The first-order valence-corrected chi connectivity index (χ1v) is 4.30. The molecule has 0 aliphatic carbocycles. The van der Waals surface area contributed by atoms with Crippen LogP contribution in [0.5, 0.6) is 0 Å². The second-order valence-corrected chi connectivity index (χ2v) is 3.81. The standard InChI is InChI=1S/C9H16O2/c1-6(2)4-8-5-7(3)11-9(8)10/h6-8H,4-5H2,1-3H3/t7-,8-/m1/s1. The summed E-state index contributed by atoms with van der Waals surface area (Å²) in [6.07, 6.45) is 2.03. The Bertz CT molecular complexity index is 152. The van der Waals surface area contributed by atoms with Gasteiger partial charge in [-0.25, -0.2) is 0 Å². The molecule has 0 unspecified atom stereocenters. The van der Waals surface area contributed by atoms with Crippen molar-refractivity contribution < 1.29 is 9.53 Å². The zero-order chi connectivity index (χ0) is 8.43. The van der Waals surface area contributed by atoms with Crippen LogP contribution in [-0.2, 0) is 9.53 Å². The molecular formula is C9H16O2. The van der Waals surface area contributed by atoms with Crippen molar-refractivity contribution in [2.75, 3.05) is 0 Å². The molecule has 0 N–H and O–H groups in total. The van der Waals surface area contributed by atoms with Crippen LogP contribution in [-0.4, -0.2) is 12.1 Å². The van der Waals surface area contributed by atoms with Gasteiger partial charge in [0.2, 0.25) is 0 Å². The lowest BCUT2D eigenvalue weighted by molar-refractivity contribution is -0.144. The molecule has 64 valence electrons. The lowest BCUT2D eigenvalue weighted by atomic mass is 9.95. The Morgan fingerprint density at radius 2 is 2.27 bits per heavy atom. The van der Waals surface area contributed by atoms with Gasteiger partial charge >= 0.3 is 5.97 Å². The molecule has 0 aromatic carbocycles. The van der Waals surface area contributed by atoms with Gasteiger partial charge in [0.05, 0.1) is 12.0 Å². The summed E-state index contributed by atoms with van der Waals surface area (Å²) in [7, 11) is 0. The SMILES string of the molecule is CC(C)C[C@@H]1C[C@@H](C)OC1=O. The van der Waals surface area contributed by atoms with Gasteiger partial charge < -0.3 is 4.74 Å². The zero-order valence-electron chi connectivity index (χ0n) is 7.46. The van der Waals surface area contributed by atoms with Gasteiger partial charge in [-0.05, 0) is 25.7 Å². The van der Waals surface area contributed by atoms with Crippen LogP contribution < -0.4 is 0 Å². The van der Waals surface area contributed by atoms with Crippen LogP contribution in [0.4, 0.5) is 0 Å². The number of ether oxygens (including phenoxy) is 1. The van der Waals surface area contributed by atoms with Gasteiger partial charge in [0, 0.05) is 0 Å². The molecular weight excluding hydrogens is 140 g/mol. The Morgan fingerprint density at radius 3 is 2.64 bits per heavy atom. The Kier molecular flexibility index (Phi) is 2.53. The third-order valence-corrected chi connectivity index (χ3v) is 2.02. The fourth-order valence-electron chi connectivity index (χ4n) is 1.60. The Hall–Kier alpha value is -0.530. The summed E-state index contributed by atoms with van der Waals surface area (Å²) in [4.78, 5) is 11.1. The largest absolute Gasteiger partial charge is 0.462 e. The van der Waals surface area contributed by atoms with Gasteiger partial charge in [-0.1, -0.05) is 13.8 Å². The van der Waals surface area contributed by atoms with E-state index in [4.69, 9.17) is 4.74 Å². The Balaban J connectivity index is 2.41. The van der Waals surface area contributed by atoms with Crippen molar-refractivity contribution in [1.29, 1.82) is 0 Å². The van der Waals surface area contributed by atoms with Crippen molar-refractivity contribution in [2.45, 2.75) is 39.7 Å². The topological polar surface area (TPSA) is 26.3 Å². The van der Waals surface area contributed by atoms with E-state index >= 15 is 0 Å². The van der Waals surface area contributed by atoms with Crippen LogP contribution in [0, 0.1) is 11.8 Å². The molecule has 0 saturated carbocycles. The van der Waals surface area contributed by atoms with E-state index < -0.39 is 0 Å². The number of hydrogen-bond donors (Lipinski definition) is 0. The number of carbonyl (C=O) groups is 1. The molecule has 2 heteroatoms. The lowest BCUT2D eigenvalue weighted by Crippen LogP contribution is -2.09. The van der Waals surface area contributed by atoms with Crippen LogP contribution in [0.15, 0.2) is 0 Å². The maximum absolute atomic E-state index is 11.1. The highest BCUT2D eigenvalue weighted by atomic mass is 16.5. The van der Waals surface area contributed by atoms with Crippen LogP contribution >= 0.6 is 0 Å². The fourth-order valence-corrected chi connectivity index (χ4v) is 1.60. The van der Waals surface area contributed by atoms with Gasteiger partial charge in [-0.3, -0.25) is 4.79 Å². The van der Waals surface area contributed by atoms with Crippen molar-refractivity contribution in [3.8, 4) is 0 Å². The van der Waals surface area contributed by atoms with Crippen LogP contribution in [0.2, 0.25) is 0 Å². The number of hydrogen-bond acceptors (Lipinski definition) is 2. The molecule has 2 nitrogen and oxygen atoms in total. The van der Waals surface area contributed by atoms with E-state index in [-0.39, 0.29) is 18.0 Å². The minimum atomic E-state index is 0.00574. The van der Waals surface area contributed by atoms with Crippen molar-refractivity contribution in [3.63, 3.8) is 0 Å². The fraction of sp³-hybridized carbons (Fsp3) is 0.889. The quantitative estimate of drug-likeness (QED) is 0.571. The summed E-state index contributed by atoms with van der Waals surface area (Å²) in [6.45, 7) is 6.23. The van der Waals surface area contributed by atoms with Crippen LogP contribution in [0.25, 0.3) is 0 Å². The molecule has 0 radical (unpaired) electrons. The second kappa shape index (κ2) is 3.24. The third-order valence-electron chi connectivity index (χ3n) is 2.02. The second-order valence-electron chi connectivity index (χ2n) is 3.81.